The third-order valence-electron chi connectivity index (χ3n) is 2.19. The first-order valence-corrected chi connectivity index (χ1v) is 5.55. The van der Waals surface area contributed by atoms with E-state index < -0.39 is 0 Å². The Hall–Kier alpha value is -1.26. The van der Waals surface area contributed by atoms with Gasteiger partial charge in [0.2, 0.25) is 5.91 Å². The highest BCUT2D eigenvalue weighted by atomic mass is 16.2. The molecule has 92 valence electrons. The van der Waals surface area contributed by atoms with Crippen LogP contribution in [-0.2, 0) is 4.79 Å². The average Bonchev–Trinajstić information content (AvgIpc) is 2.24. The molecule has 0 saturated carbocycles. The fraction of sp³-hybridized carbons (Fsp3) is 0.900. The maximum absolute atomic E-state index is 11.5. The van der Waals surface area contributed by atoms with Gasteiger partial charge in [0.05, 0.1) is 6.54 Å². The van der Waals surface area contributed by atoms with Gasteiger partial charge < -0.3 is 4.90 Å². The van der Waals surface area contributed by atoms with Gasteiger partial charge in [-0.2, -0.15) is 0 Å². The Bertz CT molecular complexity index is 248. The van der Waals surface area contributed by atoms with Crippen LogP contribution >= 0.6 is 0 Å². The summed E-state index contributed by atoms with van der Waals surface area (Å²) in [6.45, 7) is 4.72. The SMILES string of the molecule is CCCN(CCCN=[N+]=[N-])CC(=O)N(C)C. The predicted octanol–water partition coefficient (Wildman–Crippen LogP) is 1.49. The van der Waals surface area contributed by atoms with Gasteiger partial charge in [-0.25, -0.2) is 0 Å². The normalized spacial score (nSPS) is 10.0. The highest BCUT2D eigenvalue weighted by Gasteiger charge is 2.10. The molecule has 0 spiro atoms. The van der Waals surface area contributed by atoms with Crippen molar-refractivity contribution in [2.45, 2.75) is 19.8 Å². The van der Waals surface area contributed by atoms with E-state index in [1.807, 2.05) is 0 Å². The number of carbonyl (C=O) groups excluding carboxylic acids is 1. The Labute approximate surface area is 96.8 Å². The summed E-state index contributed by atoms with van der Waals surface area (Å²) in [6, 6.07) is 0. The molecular weight excluding hydrogens is 206 g/mol. The lowest BCUT2D eigenvalue weighted by atomic mass is 10.3. The first-order valence-electron chi connectivity index (χ1n) is 5.55. The van der Waals surface area contributed by atoms with Gasteiger partial charge in [-0.1, -0.05) is 12.0 Å². The molecule has 0 bridgehead atoms. The molecular formula is C10H21N5O. The largest absolute Gasteiger partial charge is 0.348 e. The van der Waals surface area contributed by atoms with Crippen LogP contribution in [0.2, 0.25) is 0 Å². The molecule has 0 N–H and O–H groups in total. The van der Waals surface area contributed by atoms with E-state index in [0.717, 1.165) is 25.9 Å². The molecule has 0 heterocycles. The van der Waals surface area contributed by atoms with Crippen LogP contribution in [0.1, 0.15) is 19.8 Å². The minimum Gasteiger partial charge on any atom is -0.348 e. The summed E-state index contributed by atoms with van der Waals surface area (Å²) in [4.78, 5) is 17.9. The number of amides is 1. The van der Waals surface area contributed by atoms with E-state index in [4.69, 9.17) is 5.53 Å². The molecule has 6 nitrogen and oxygen atoms in total. The van der Waals surface area contributed by atoms with Gasteiger partial charge >= 0.3 is 0 Å². The molecule has 16 heavy (non-hydrogen) atoms. The van der Waals surface area contributed by atoms with Crippen LogP contribution in [0.5, 0.6) is 0 Å². The topological polar surface area (TPSA) is 72.3 Å². The summed E-state index contributed by atoms with van der Waals surface area (Å²) in [5, 5.41) is 3.48. The number of rotatable bonds is 8. The van der Waals surface area contributed by atoms with Crippen molar-refractivity contribution < 1.29 is 4.79 Å². The minimum atomic E-state index is 0.109. The quantitative estimate of drug-likeness (QED) is 0.273. The molecule has 0 saturated heterocycles. The van der Waals surface area contributed by atoms with Crippen molar-refractivity contribution in [3.05, 3.63) is 10.4 Å². The number of azide groups is 1. The van der Waals surface area contributed by atoms with Crippen LogP contribution in [0.25, 0.3) is 10.4 Å². The van der Waals surface area contributed by atoms with E-state index in [9.17, 15) is 4.79 Å². The molecule has 0 radical (unpaired) electrons. The molecule has 0 aromatic rings. The van der Waals surface area contributed by atoms with Crippen molar-refractivity contribution in [3.63, 3.8) is 0 Å². The summed E-state index contributed by atoms with van der Waals surface area (Å²) >= 11 is 0. The van der Waals surface area contributed by atoms with E-state index in [1.165, 1.54) is 0 Å². The molecule has 0 rings (SSSR count). The lowest BCUT2D eigenvalue weighted by Gasteiger charge is -2.22. The number of likely N-dealkylation sites (N-methyl/N-ethyl adjacent to an activating group) is 1. The van der Waals surface area contributed by atoms with Gasteiger partial charge in [0, 0.05) is 25.6 Å². The molecule has 6 heteroatoms. The second kappa shape index (κ2) is 9.00. The van der Waals surface area contributed by atoms with Crippen LogP contribution in [0.3, 0.4) is 0 Å². The van der Waals surface area contributed by atoms with Crippen molar-refractivity contribution in [1.82, 2.24) is 9.80 Å². The van der Waals surface area contributed by atoms with Crippen molar-refractivity contribution in [3.8, 4) is 0 Å². The van der Waals surface area contributed by atoms with E-state index >= 15 is 0 Å². The van der Waals surface area contributed by atoms with Crippen molar-refractivity contribution in [2.75, 3.05) is 40.3 Å². The highest BCUT2D eigenvalue weighted by Crippen LogP contribution is 1.96. The zero-order chi connectivity index (χ0) is 12.4. The molecule has 1 amide bonds. The molecule has 0 unspecified atom stereocenters. The average molecular weight is 227 g/mol. The Morgan fingerprint density at radius 2 is 2.06 bits per heavy atom. The first kappa shape index (κ1) is 14.7. The second-order valence-electron chi connectivity index (χ2n) is 3.87. The molecule has 0 aromatic heterocycles. The van der Waals surface area contributed by atoms with E-state index in [1.54, 1.807) is 19.0 Å². The van der Waals surface area contributed by atoms with Crippen LogP contribution in [0.15, 0.2) is 5.11 Å². The summed E-state index contributed by atoms with van der Waals surface area (Å²) < 4.78 is 0. The van der Waals surface area contributed by atoms with Gasteiger partial charge in [0.1, 0.15) is 0 Å². The number of carbonyl (C=O) groups is 1. The van der Waals surface area contributed by atoms with Crippen molar-refractivity contribution >= 4 is 5.91 Å². The fourth-order valence-electron chi connectivity index (χ4n) is 1.33. The number of nitrogens with zero attached hydrogens (tertiary/aromatic N) is 5. The van der Waals surface area contributed by atoms with E-state index in [-0.39, 0.29) is 5.91 Å². The maximum atomic E-state index is 11.5. The summed E-state index contributed by atoms with van der Waals surface area (Å²) in [7, 11) is 3.51. The van der Waals surface area contributed by atoms with Crippen molar-refractivity contribution in [2.24, 2.45) is 5.11 Å². The monoisotopic (exact) mass is 227 g/mol. The Balaban J connectivity index is 3.96. The third-order valence-corrected chi connectivity index (χ3v) is 2.19. The summed E-state index contributed by atoms with van der Waals surface area (Å²) in [6.07, 6.45) is 1.81. The smallest absolute Gasteiger partial charge is 0.236 e. The number of hydrogen-bond donors (Lipinski definition) is 0. The zero-order valence-electron chi connectivity index (χ0n) is 10.4. The molecule has 0 aliphatic heterocycles. The standard InChI is InChI=1S/C10H21N5O/c1-4-7-15(8-5-6-12-13-11)9-10(16)14(2)3/h4-9H2,1-3H3. The van der Waals surface area contributed by atoms with Crippen molar-refractivity contribution in [1.29, 1.82) is 0 Å². The lowest BCUT2D eigenvalue weighted by molar-refractivity contribution is -0.129. The van der Waals surface area contributed by atoms with Gasteiger partial charge in [-0.3, -0.25) is 9.69 Å². The Morgan fingerprint density at radius 3 is 2.56 bits per heavy atom. The third kappa shape index (κ3) is 7.09. The molecule has 0 aliphatic carbocycles. The molecule has 0 aliphatic rings. The molecule has 0 fully saturated rings. The minimum absolute atomic E-state index is 0.109. The fourth-order valence-corrected chi connectivity index (χ4v) is 1.33. The Kier molecular flexibility index (Phi) is 8.29. The van der Waals surface area contributed by atoms with Gasteiger partial charge in [0.25, 0.3) is 0 Å². The Morgan fingerprint density at radius 1 is 1.38 bits per heavy atom. The van der Waals surface area contributed by atoms with Gasteiger partial charge in [0.15, 0.2) is 0 Å². The molecule has 0 atom stereocenters. The van der Waals surface area contributed by atoms with Crippen LogP contribution in [0.4, 0.5) is 0 Å². The summed E-state index contributed by atoms with van der Waals surface area (Å²) in [5.41, 5.74) is 8.14. The zero-order valence-corrected chi connectivity index (χ0v) is 10.4. The lowest BCUT2D eigenvalue weighted by Crippen LogP contribution is -2.37. The first-order chi connectivity index (χ1) is 7.61. The highest BCUT2D eigenvalue weighted by molar-refractivity contribution is 5.77. The predicted molar refractivity (Wildman–Crippen MR) is 64.1 cm³/mol. The van der Waals surface area contributed by atoms with Gasteiger partial charge in [-0.15, -0.1) is 0 Å². The van der Waals surface area contributed by atoms with Crippen LogP contribution in [0, 0.1) is 0 Å². The molecule has 0 aromatic carbocycles. The van der Waals surface area contributed by atoms with Crippen LogP contribution < -0.4 is 0 Å². The van der Waals surface area contributed by atoms with E-state index in [0.29, 0.717) is 13.1 Å². The van der Waals surface area contributed by atoms with E-state index in [2.05, 4.69) is 21.8 Å². The number of hydrogen-bond acceptors (Lipinski definition) is 3. The van der Waals surface area contributed by atoms with Gasteiger partial charge in [-0.05, 0) is 31.5 Å². The van der Waals surface area contributed by atoms with Crippen LogP contribution in [-0.4, -0.2) is 56.0 Å². The summed E-state index contributed by atoms with van der Waals surface area (Å²) in [5.74, 6) is 0.109. The second-order valence-corrected chi connectivity index (χ2v) is 3.87. The maximum Gasteiger partial charge on any atom is 0.236 e.